The predicted octanol–water partition coefficient (Wildman–Crippen LogP) is 6.20. The summed E-state index contributed by atoms with van der Waals surface area (Å²) in [5.74, 6) is -1.74. The molecule has 1 aliphatic heterocycles. The molecule has 1 N–H and O–H groups in total. The van der Waals surface area contributed by atoms with E-state index in [1.807, 2.05) is 20.8 Å². The number of nitrogens with zero attached hydrogens (tertiary/aromatic N) is 1. The SMILES string of the molecule is Cc1cc(/C(O)=C2/C(=O)C(=O)N(c3ccc(Cl)cc3)C2c2ccc(F)cc2)ccc1OC(C)C. The lowest BCUT2D eigenvalue weighted by molar-refractivity contribution is -0.132. The Morgan fingerprint density at radius 2 is 1.68 bits per heavy atom. The number of Topliss-reactive ketones (excluding diaryl/α,β-unsaturated/α-hetero) is 1. The molecule has 0 aliphatic carbocycles. The van der Waals surface area contributed by atoms with Crippen LogP contribution >= 0.6 is 11.6 Å². The standard InChI is InChI=1S/C27H23ClFNO4/c1-15(2)34-22-13-6-18(14-16(22)3)25(31)23-24(17-4-9-20(29)10-5-17)30(27(33)26(23)32)21-11-7-19(28)8-12-21/h4-15,24,31H,1-3H3/b25-23-. The van der Waals surface area contributed by atoms with Crippen molar-refractivity contribution in [2.75, 3.05) is 4.90 Å². The number of anilines is 1. The van der Waals surface area contributed by atoms with Gasteiger partial charge in [-0.25, -0.2) is 4.39 Å². The van der Waals surface area contributed by atoms with E-state index in [4.69, 9.17) is 16.3 Å². The molecule has 1 heterocycles. The van der Waals surface area contributed by atoms with Gasteiger partial charge in [0.1, 0.15) is 17.3 Å². The van der Waals surface area contributed by atoms with Gasteiger partial charge < -0.3 is 9.84 Å². The number of benzene rings is 3. The molecule has 5 nitrogen and oxygen atoms in total. The molecule has 34 heavy (non-hydrogen) atoms. The summed E-state index contributed by atoms with van der Waals surface area (Å²) in [5.41, 5.74) is 1.96. The Morgan fingerprint density at radius 1 is 1.03 bits per heavy atom. The zero-order valence-electron chi connectivity index (χ0n) is 18.9. The van der Waals surface area contributed by atoms with Crippen molar-refractivity contribution >= 4 is 34.7 Å². The fourth-order valence-electron chi connectivity index (χ4n) is 4.00. The first kappa shape index (κ1) is 23.5. The topological polar surface area (TPSA) is 66.8 Å². The molecule has 1 saturated heterocycles. The van der Waals surface area contributed by atoms with Crippen LogP contribution in [0.2, 0.25) is 5.02 Å². The maximum atomic E-state index is 13.6. The van der Waals surface area contributed by atoms with Crippen molar-refractivity contribution in [2.45, 2.75) is 32.9 Å². The van der Waals surface area contributed by atoms with Gasteiger partial charge in [0.05, 0.1) is 17.7 Å². The first-order chi connectivity index (χ1) is 16.2. The molecule has 1 amide bonds. The Hall–Kier alpha value is -3.64. The van der Waals surface area contributed by atoms with Crippen molar-refractivity contribution in [3.8, 4) is 5.75 Å². The number of hydrogen-bond donors (Lipinski definition) is 1. The molecule has 0 saturated carbocycles. The minimum absolute atomic E-state index is 0.0266. The van der Waals surface area contributed by atoms with Crippen LogP contribution in [0.1, 0.15) is 36.6 Å². The molecule has 0 spiro atoms. The van der Waals surface area contributed by atoms with Crippen LogP contribution in [0.5, 0.6) is 5.75 Å². The highest BCUT2D eigenvalue weighted by atomic mass is 35.5. The van der Waals surface area contributed by atoms with E-state index in [9.17, 15) is 19.1 Å². The maximum Gasteiger partial charge on any atom is 0.300 e. The van der Waals surface area contributed by atoms with E-state index in [0.29, 0.717) is 27.6 Å². The average Bonchev–Trinajstić information content (AvgIpc) is 3.06. The number of hydrogen-bond acceptors (Lipinski definition) is 4. The van der Waals surface area contributed by atoms with Crippen molar-refractivity contribution in [3.05, 3.63) is 99.8 Å². The van der Waals surface area contributed by atoms with Gasteiger partial charge >= 0.3 is 0 Å². The second kappa shape index (κ2) is 9.31. The number of aliphatic hydroxyl groups is 1. The van der Waals surface area contributed by atoms with Gasteiger partial charge in [0, 0.05) is 16.3 Å². The third-order valence-electron chi connectivity index (χ3n) is 5.55. The number of ether oxygens (including phenoxy) is 1. The summed E-state index contributed by atoms with van der Waals surface area (Å²) >= 11 is 6.00. The van der Waals surface area contributed by atoms with Crippen LogP contribution in [0.25, 0.3) is 5.76 Å². The zero-order valence-corrected chi connectivity index (χ0v) is 19.6. The lowest BCUT2D eigenvalue weighted by Crippen LogP contribution is -2.29. The van der Waals surface area contributed by atoms with Gasteiger partial charge in [0.25, 0.3) is 11.7 Å². The minimum Gasteiger partial charge on any atom is -0.507 e. The second-order valence-corrected chi connectivity index (χ2v) is 8.78. The molecule has 3 aromatic carbocycles. The summed E-state index contributed by atoms with van der Waals surface area (Å²) in [6.45, 7) is 5.65. The molecule has 1 aliphatic rings. The van der Waals surface area contributed by atoms with Crippen LogP contribution in [-0.2, 0) is 9.59 Å². The van der Waals surface area contributed by atoms with E-state index in [1.54, 1.807) is 42.5 Å². The maximum absolute atomic E-state index is 13.6. The number of aliphatic hydroxyl groups excluding tert-OH is 1. The Labute approximate surface area is 202 Å². The van der Waals surface area contributed by atoms with Gasteiger partial charge in [-0.05, 0) is 86.5 Å². The summed E-state index contributed by atoms with van der Waals surface area (Å²) in [6, 6.07) is 16.0. The number of ketones is 1. The van der Waals surface area contributed by atoms with Crippen molar-refractivity contribution < 1.29 is 23.8 Å². The van der Waals surface area contributed by atoms with Crippen LogP contribution in [-0.4, -0.2) is 22.9 Å². The fraction of sp³-hybridized carbons (Fsp3) is 0.185. The highest BCUT2D eigenvalue weighted by molar-refractivity contribution is 6.51. The molecule has 0 radical (unpaired) electrons. The number of aryl methyl sites for hydroxylation is 1. The Morgan fingerprint density at radius 3 is 2.26 bits per heavy atom. The van der Waals surface area contributed by atoms with Crippen LogP contribution < -0.4 is 9.64 Å². The number of halogens is 2. The molecule has 7 heteroatoms. The van der Waals surface area contributed by atoms with Gasteiger partial charge in [-0.2, -0.15) is 0 Å². The first-order valence-electron chi connectivity index (χ1n) is 10.8. The summed E-state index contributed by atoms with van der Waals surface area (Å²) in [5, 5.41) is 11.7. The molecule has 3 aromatic rings. The van der Waals surface area contributed by atoms with Gasteiger partial charge in [-0.3, -0.25) is 14.5 Å². The lowest BCUT2D eigenvalue weighted by atomic mass is 9.94. The zero-order chi connectivity index (χ0) is 24.6. The number of amides is 1. The van der Waals surface area contributed by atoms with E-state index in [1.165, 1.54) is 29.2 Å². The van der Waals surface area contributed by atoms with Gasteiger partial charge in [0.2, 0.25) is 0 Å². The van der Waals surface area contributed by atoms with Crippen molar-refractivity contribution in [3.63, 3.8) is 0 Å². The predicted molar refractivity (Wildman–Crippen MR) is 130 cm³/mol. The molecule has 1 atom stereocenters. The quantitative estimate of drug-likeness (QED) is 0.269. The number of carbonyl (C=O) groups is 2. The molecule has 1 fully saturated rings. The number of rotatable bonds is 5. The molecule has 174 valence electrons. The Balaban J connectivity index is 1.88. The van der Waals surface area contributed by atoms with Crippen molar-refractivity contribution in [1.82, 2.24) is 0 Å². The minimum atomic E-state index is -0.950. The number of carbonyl (C=O) groups excluding carboxylic acids is 2. The highest BCUT2D eigenvalue weighted by Gasteiger charge is 2.47. The Kier molecular flexibility index (Phi) is 6.44. The van der Waals surface area contributed by atoms with E-state index in [2.05, 4.69) is 0 Å². The van der Waals surface area contributed by atoms with Crippen molar-refractivity contribution in [2.24, 2.45) is 0 Å². The third-order valence-corrected chi connectivity index (χ3v) is 5.80. The van der Waals surface area contributed by atoms with Gasteiger partial charge in [0.15, 0.2) is 0 Å². The summed E-state index contributed by atoms with van der Waals surface area (Å²) in [4.78, 5) is 27.6. The van der Waals surface area contributed by atoms with E-state index >= 15 is 0 Å². The van der Waals surface area contributed by atoms with Crippen LogP contribution in [0.3, 0.4) is 0 Å². The smallest absolute Gasteiger partial charge is 0.300 e. The molecular formula is C27H23ClFNO4. The molecular weight excluding hydrogens is 457 g/mol. The van der Waals surface area contributed by atoms with E-state index in [-0.39, 0.29) is 17.4 Å². The van der Waals surface area contributed by atoms with E-state index < -0.39 is 23.5 Å². The van der Waals surface area contributed by atoms with Crippen LogP contribution in [0.4, 0.5) is 10.1 Å². The molecule has 0 bridgehead atoms. The summed E-state index contributed by atoms with van der Waals surface area (Å²) < 4.78 is 19.4. The van der Waals surface area contributed by atoms with Gasteiger partial charge in [-0.15, -0.1) is 0 Å². The normalized spacial score (nSPS) is 17.5. The first-order valence-corrected chi connectivity index (χ1v) is 11.1. The molecule has 0 aromatic heterocycles. The largest absolute Gasteiger partial charge is 0.507 e. The average molecular weight is 480 g/mol. The van der Waals surface area contributed by atoms with Crippen molar-refractivity contribution in [1.29, 1.82) is 0 Å². The molecule has 4 rings (SSSR count). The Bertz CT molecular complexity index is 1280. The molecule has 1 unspecified atom stereocenters. The van der Waals surface area contributed by atoms with Crippen LogP contribution in [0.15, 0.2) is 72.3 Å². The summed E-state index contributed by atoms with van der Waals surface area (Å²) in [7, 11) is 0. The monoisotopic (exact) mass is 479 g/mol. The lowest BCUT2D eigenvalue weighted by Gasteiger charge is -2.25. The summed E-state index contributed by atoms with van der Waals surface area (Å²) in [6.07, 6.45) is -0.0266. The second-order valence-electron chi connectivity index (χ2n) is 8.34. The third kappa shape index (κ3) is 4.41. The fourth-order valence-corrected chi connectivity index (χ4v) is 4.13. The highest BCUT2D eigenvalue weighted by Crippen LogP contribution is 2.42. The van der Waals surface area contributed by atoms with Crippen LogP contribution in [0, 0.1) is 12.7 Å². The van der Waals surface area contributed by atoms with E-state index in [0.717, 1.165) is 5.56 Å². The van der Waals surface area contributed by atoms with Gasteiger partial charge in [-0.1, -0.05) is 23.7 Å².